The molecular weight excluding hydrogens is 310 g/mol. The monoisotopic (exact) mass is 331 g/mol. The van der Waals surface area contributed by atoms with Crippen molar-refractivity contribution in [2.45, 2.75) is 46.1 Å². The van der Waals surface area contributed by atoms with Gasteiger partial charge in [-0.2, -0.15) is 0 Å². The van der Waals surface area contributed by atoms with Crippen LogP contribution in [0.5, 0.6) is 0 Å². The molecule has 0 bridgehead atoms. The summed E-state index contributed by atoms with van der Waals surface area (Å²) in [6.45, 7) is 7.75. The summed E-state index contributed by atoms with van der Waals surface area (Å²) in [4.78, 5) is 0. The van der Waals surface area contributed by atoms with E-state index in [0.29, 0.717) is 12.0 Å². The molecule has 0 spiro atoms. The zero-order chi connectivity index (χ0) is 13.5. The average Bonchev–Trinajstić information content (AvgIpc) is 2.38. The second kappa shape index (κ2) is 8.19. The number of nitrogens with one attached hydrogen (secondary N) is 1. The molecule has 3 heteroatoms. The maximum Gasteiger partial charge on any atom is 0.0410 e. The van der Waals surface area contributed by atoms with E-state index in [0.717, 1.165) is 22.5 Å². The highest BCUT2D eigenvalue weighted by Crippen LogP contribution is 2.33. The minimum Gasteiger partial charge on any atom is -0.310 e. The fraction of sp³-hybridized carbons (Fsp3) is 0.600. The summed E-state index contributed by atoms with van der Waals surface area (Å²) in [5, 5.41) is 4.47. The van der Waals surface area contributed by atoms with Gasteiger partial charge in [-0.25, -0.2) is 0 Å². The van der Waals surface area contributed by atoms with Gasteiger partial charge in [-0.3, -0.25) is 0 Å². The van der Waals surface area contributed by atoms with Gasteiger partial charge < -0.3 is 5.32 Å². The van der Waals surface area contributed by atoms with Crippen molar-refractivity contribution in [3.05, 3.63) is 33.3 Å². The minimum atomic E-state index is 0.382. The van der Waals surface area contributed by atoms with E-state index in [1.54, 1.807) is 0 Å². The lowest BCUT2D eigenvalue weighted by Crippen LogP contribution is -2.29. The first kappa shape index (κ1) is 16.0. The van der Waals surface area contributed by atoms with Gasteiger partial charge in [-0.1, -0.05) is 61.1 Å². The lowest BCUT2D eigenvalue weighted by atomic mass is 9.88. The Hall–Kier alpha value is -0.0500. The highest BCUT2D eigenvalue weighted by Gasteiger charge is 2.21. The highest BCUT2D eigenvalue weighted by molar-refractivity contribution is 9.10. The first-order valence-electron chi connectivity index (χ1n) is 6.82. The molecule has 0 heterocycles. The predicted octanol–water partition coefficient (Wildman–Crippen LogP) is 5.58. The van der Waals surface area contributed by atoms with Gasteiger partial charge in [-0.05, 0) is 42.6 Å². The van der Waals surface area contributed by atoms with E-state index < -0.39 is 0 Å². The zero-order valence-corrected chi connectivity index (χ0v) is 13.8. The topological polar surface area (TPSA) is 12.0 Å². The summed E-state index contributed by atoms with van der Waals surface area (Å²) >= 11 is 9.79. The normalized spacial score (nSPS) is 13.0. The van der Waals surface area contributed by atoms with E-state index >= 15 is 0 Å². The van der Waals surface area contributed by atoms with Gasteiger partial charge in [0.15, 0.2) is 0 Å². The maximum atomic E-state index is 6.14. The van der Waals surface area contributed by atoms with Crippen LogP contribution in [-0.4, -0.2) is 6.54 Å². The molecule has 1 atom stereocenters. The summed E-state index contributed by atoms with van der Waals surface area (Å²) in [6.07, 6.45) is 3.50. The largest absolute Gasteiger partial charge is 0.310 e. The zero-order valence-electron chi connectivity index (χ0n) is 11.5. The van der Waals surface area contributed by atoms with Gasteiger partial charge in [-0.15, -0.1) is 0 Å². The molecule has 0 aliphatic heterocycles. The number of hydrogen-bond acceptors (Lipinski definition) is 1. The van der Waals surface area contributed by atoms with E-state index in [4.69, 9.17) is 11.6 Å². The standard InChI is InChI=1S/C15H23BrClN/c1-4-9-18-15(11(5-2)6-3)13-10-12(17)7-8-14(13)16/h7-8,10-11,15,18H,4-6,9H2,1-3H3. The van der Waals surface area contributed by atoms with Crippen LogP contribution in [0.25, 0.3) is 0 Å². The van der Waals surface area contributed by atoms with E-state index in [1.165, 1.54) is 18.4 Å². The fourth-order valence-electron chi connectivity index (χ4n) is 2.34. The fourth-order valence-corrected chi connectivity index (χ4v) is 3.02. The van der Waals surface area contributed by atoms with Crippen molar-refractivity contribution in [3.8, 4) is 0 Å². The van der Waals surface area contributed by atoms with Crippen LogP contribution >= 0.6 is 27.5 Å². The Kier molecular flexibility index (Phi) is 7.28. The minimum absolute atomic E-state index is 0.382. The Morgan fingerprint density at radius 1 is 1.22 bits per heavy atom. The molecule has 18 heavy (non-hydrogen) atoms. The Balaban J connectivity index is 3.03. The van der Waals surface area contributed by atoms with Crippen LogP contribution in [0, 0.1) is 5.92 Å². The Morgan fingerprint density at radius 3 is 2.44 bits per heavy atom. The van der Waals surface area contributed by atoms with Gasteiger partial charge in [0.05, 0.1) is 0 Å². The van der Waals surface area contributed by atoms with Crippen LogP contribution in [-0.2, 0) is 0 Å². The summed E-state index contributed by atoms with van der Waals surface area (Å²) in [5.41, 5.74) is 1.28. The molecule has 1 aromatic rings. The molecule has 0 saturated heterocycles. The molecule has 1 aromatic carbocycles. The van der Waals surface area contributed by atoms with Crippen molar-refractivity contribution in [3.63, 3.8) is 0 Å². The third-order valence-corrected chi connectivity index (χ3v) is 4.38. The summed E-state index contributed by atoms with van der Waals surface area (Å²) in [6, 6.07) is 6.43. The second-order valence-corrected chi connectivity index (χ2v) is 5.96. The molecular formula is C15H23BrClN. The smallest absolute Gasteiger partial charge is 0.0410 e. The molecule has 1 nitrogen and oxygen atoms in total. The van der Waals surface area contributed by atoms with Crippen LogP contribution in [0.3, 0.4) is 0 Å². The van der Waals surface area contributed by atoms with Crippen LogP contribution in [0.4, 0.5) is 0 Å². The van der Waals surface area contributed by atoms with Gasteiger partial charge in [0, 0.05) is 15.5 Å². The predicted molar refractivity (Wildman–Crippen MR) is 84.3 cm³/mol. The van der Waals surface area contributed by atoms with Gasteiger partial charge >= 0.3 is 0 Å². The van der Waals surface area contributed by atoms with Crippen LogP contribution in [0.1, 0.15) is 51.6 Å². The second-order valence-electron chi connectivity index (χ2n) is 4.67. The molecule has 102 valence electrons. The SMILES string of the molecule is CCCNC(c1cc(Cl)ccc1Br)C(CC)CC. The molecule has 0 aromatic heterocycles. The lowest BCUT2D eigenvalue weighted by molar-refractivity contribution is 0.340. The summed E-state index contributed by atoms with van der Waals surface area (Å²) < 4.78 is 1.15. The third kappa shape index (κ3) is 4.25. The molecule has 0 fully saturated rings. The van der Waals surface area contributed by atoms with E-state index in [1.807, 2.05) is 12.1 Å². The van der Waals surface area contributed by atoms with E-state index in [-0.39, 0.29) is 0 Å². The van der Waals surface area contributed by atoms with Crippen molar-refractivity contribution >= 4 is 27.5 Å². The molecule has 0 amide bonds. The van der Waals surface area contributed by atoms with Crippen molar-refractivity contribution in [2.24, 2.45) is 5.92 Å². The summed E-state index contributed by atoms with van der Waals surface area (Å²) in [5.74, 6) is 0.645. The Bertz CT molecular complexity index is 364. The first-order chi connectivity index (χ1) is 8.63. The molecule has 0 saturated carbocycles. The van der Waals surface area contributed by atoms with Gasteiger partial charge in [0.2, 0.25) is 0 Å². The van der Waals surface area contributed by atoms with Crippen LogP contribution < -0.4 is 5.32 Å². The average molecular weight is 333 g/mol. The molecule has 0 aliphatic carbocycles. The number of rotatable bonds is 7. The van der Waals surface area contributed by atoms with Crippen LogP contribution in [0.15, 0.2) is 22.7 Å². The lowest BCUT2D eigenvalue weighted by Gasteiger charge is -2.28. The molecule has 1 N–H and O–H groups in total. The van der Waals surface area contributed by atoms with E-state index in [9.17, 15) is 0 Å². The van der Waals surface area contributed by atoms with E-state index in [2.05, 4.69) is 48.1 Å². The number of hydrogen-bond donors (Lipinski definition) is 1. The molecule has 1 unspecified atom stereocenters. The first-order valence-corrected chi connectivity index (χ1v) is 7.99. The van der Waals surface area contributed by atoms with Gasteiger partial charge in [0.1, 0.15) is 0 Å². The van der Waals surface area contributed by atoms with Crippen LogP contribution in [0.2, 0.25) is 5.02 Å². The quantitative estimate of drug-likeness (QED) is 0.687. The number of halogens is 2. The Labute approximate surface area is 124 Å². The van der Waals surface area contributed by atoms with Gasteiger partial charge in [0.25, 0.3) is 0 Å². The highest BCUT2D eigenvalue weighted by atomic mass is 79.9. The molecule has 0 radical (unpaired) electrons. The van der Waals surface area contributed by atoms with Crippen molar-refractivity contribution in [1.82, 2.24) is 5.32 Å². The maximum absolute atomic E-state index is 6.14. The molecule has 1 rings (SSSR count). The third-order valence-electron chi connectivity index (χ3n) is 3.43. The summed E-state index contributed by atoms with van der Waals surface area (Å²) in [7, 11) is 0. The Morgan fingerprint density at radius 2 is 1.89 bits per heavy atom. The van der Waals surface area contributed by atoms with Crippen molar-refractivity contribution < 1.29 is 0 Å². The van der Waals surface area contributed by atoms with Crippen molar-refractivity contribution in [2.75, 3.05) is 6.54 Å². The van der Waals surface area contributed by atoms with Crippen molar-refractivity contribution in [1.29, 1.82) is 0 Å². The number of benzene rings is 1. The molecule has 0 aliphatic rings.